The highest BCUT2D eigenvalue weighted by atomic mass is 16.5. The minimum Gasteiger partial charge on any atom is -0.507 e. The van der Waals surface area contributed by atoms with Gasteiger partial charge in [-0.1, -0.05) is 30.7 Å². The fourth-order valence-corrected chi connectivity index (χ4v) is 3.39. The summed E-state index contributed by atoms with van der Waals surface area (Å²) in [5, 5.41) is 13.1. The zero-order valence-corrected chi connectivity index (χ0v) is 17.7. The molecular formula is C25H24N2O4. The Morgan fingerprint density at radius 3 is 2.71 bits per heavy atom. The molecule has 4 aromatic rings. The topological polar surface area (TPSA) is 84.6 Å². The van der Waals surface area contributed by atoms with Crippen LogP contribution in [0.2, 0.25) is 0 Å². The van der Waals surface area contributed by atoms with Gasteiger partial charge in [-0.3, -0.25) is 4.79 Å². The molecule has 0 saturated carbocycles. The minimum absolute atomic E-state index is 0.0202. The summed E-state index contributed by atoms with van der Waals surface area (Å²) in [6.07, 6.45) is 0.898. The molecule has 158 valence electrons. The summed E-state index contributed by atoms with van der Waals surface area (Å²) in [5.41, 5.74) is 5.55. The Balaban J connectivity index is 1.50. The molecule has 0 aliphatic rings. The summed E-state index contributed by atoms with van der Waals surface area (Å²) in [4.78, 5) is 16.9. The van der Waals surface area contributed by atoms with Gasteiger partial charge in [-0.2, -0.15) is 0 Å². The van der Waals surface area contributed by atoms with E-state index in [4.69, 9.17) is 9.15 Å². The minimum atomic E-state index is -0.304. The van der Waals surface area contributed by atoms with Crippen LogP contribution < -0.4 is 10.1 Å². The van der Waals surface area contributed by atoms with Crippen molar-refractivity contribution in [1.29, 1.82) is 0 Å². The van der Waals surface area contributed by atoms with Crippen molar-refractivity contribution in [2.24, 2.45) is 0 Å². The van der Waals surface area contributed by atoms with Crippen LogP contribution in [-0.2, 0) is 11.2 Å². The fraction of sp³-hybridized carbons (Fsp3) is 0.200. The van der Waals surface area contributed by atoms with E-state index in [1.165, 1.54) is 6.07 Å². The van der Waals surface area contributed by atoms with Gasteiger partial charge < -0.3 is 19.6 Å². The van der Waals surface area contributed by atoms with Gasteiger partial charge in [-0.25, -0.2) is 4.98 Å². The lowest BCUT2D eigenvalue weighted by molar-refractivity contribution is -0.118. The van der Waals surface area contributed by atoms with Crippen LogP contribution in [-0.4, -0.2) is 22.6 Å². The molecule has 0 radical (unpaired) electrons. The number of amides is 1. The van der Waals surface area contributed by atoms with Crippen LogP contribution in [0, 0.1) is 13.8 Å². The third-order valence-electron chi connectivity index (χ3n) is 5.06. The Morgan fingerprint density at radius 2 is 1.94 bits per heavy atom. The summed E-state index contributed by atoms with van der Waals surface area (Å²) in [5.74, 6) is 0.682. The van der Waals surface area contributed by atoms with Crippen molar-refractivity contribution < 1.29 is 19.1 Å². The molecule has 0 spiro atoms. The lowest BCUT2D eigenvalue weighted by Gasteiger charge is -2.11. The maximum absolute atomic E-state index is 12.4. The molecule has 6 nitrogen and oxygen atoms in total. The Morgan fingerprint density at radius 1 is 1.10 bits per heavy atom. The van der Waals surface area contributed by atoms with Gasteiger partial charge in [0.2, 0.25) is 5.89 Å². The second-order valence-corrected chi connectivity index (χ2v) is 7.51. The van der Waals surface area contributed by atoms with Crippen molar-refractivity contribution in [3.63, 3.8) is 0 Å². The van der Waals surface area contributed by atoms with E-state index in [-0.39, 0.29) is 18.3 Å². The first-order chi connectivity index (χ1) is 14.9. The van der Waals surface area contributed by atoms with E-state index in [2.05, 4.69) is 17.2 Å². The largest absolute Gasteiger partial charge is 0.507 e. The Labute approximate surface area is 180 Å². The summed E-state index contributed by atoms with van der Waals surface area (Å²) in [7, 11) is 0. The van der Waals surface area contributed by atoms with Crippen LogP contribution in [0.5, 0.6) is 11.5 Å². The van der Waals surface area contributed by atoms with Gasteiger partial charge in [-0.05, 0) is 67.8 Å². The van der Waals surface area contributed by atoms with Gasteiger partial charge in [0, 0.05) is 5.69 Å². The van der Waals surface area contributed by atoms with Gasteiger partial charge >= 0.3 is 0 Å². The monoisotopic (exact) mass is 416 g/mol. The standard InChI is InChI=1S/C25H24N2O4/c1-4-17-6-10-23-20(12-17)27-25(31-23)19-13-18(7-8-21(19)28)26-24(29)14-30-22-9-5-15(2)11-16(22)3/h5-13,28H,4,14H2,1-3H3,(H,26,29). The van der Waals surface area contributed by atoms with E-state index >= 15 is 0 Å². The molecule has 6 heteroatoms. The predicted octanol–water partition coefficient (Wildman–Crippen LogP) is 5.40. The summed E-state index contributed by atoms with van der Waals surface area (Å²) >= 11 is 0. The molecule has 3 aromatic carbocycles. The van der Waals surface area contributed by atoms with E-state index < -0.39 is 0 Å². The summed E-state index contributed by atoms with van der Waals surface area (Å²) < 4.78 is 11.4. The van der Waals surface area contributed by atoms with Crippen molar-refractivity contribution in [2.45, 2.75) is 27.2 Å². The van der Waals surface area contributed by atoms with E-state index in [0.717, 1.165) is 28.6 Å². The first-order valence-electron chi connectivity index (χ1n) is 10.2. The van der Waals surface area contributed by atoms with Crippen molar-refractivity contribution in [3.05, 3.63) is 71.3 Å². The molecule has 0 bridgehead atoms. The van der Waals surface area contributed by atoms with E-state index in [0.29, 0.717) is 28.5 Å². The third-order valence-corrected chi connectivity index (χ3v) is 5.06. The highest BCUT2D eigenvalue weighted by molar-refractivity contribution is 5.93. The molecule has 1 aromatic heterocycles. The normalized spacial score (nSPS) is 10.9. The summed E-state index contributed by atoms with van der Waals surface area (Å²) in [6, 6.07) is 16.4. The number of carbonyl (C=O) groups is 1. The van der Waals surface area contributed by atoms with Crippen LogP contribution in [0.15, 0.2) is 59.0 Å². The van der Waals surface area contributed by atoms with Crippen LogP contribution in [0.1, 0.15) is 23.6 Å². The number of phenols is 1. The maximum Gasteiger partial charge on any atom is 0.262 e. The number of aryl methyl sites for hydroxylation is 3. The van der Waals surface area contributed by atoms with Crippen LogP contribution in [0.4, 0.5) is 5.69 Å². The van der Waals surface area contributed by atoms with Gasteiger partial charge in [-0.15, -0.1) is 0 Å². The number of fused-ring (bicyclic) bond motifs is 1. The number of ether oxygens (including phenoxy) is 1. The predicted molar refractivity (Wildman–Crippen MR) is 121 cm³/mol. The number of aromatic nitrogens is 1. The molecular weight excluding hydrogens is 392 g/mol. The van der Waals surface area contributed by atoms with E-state index in [9.17, 15) is 9.90 Å². The Bertz CT molecular complexity index is 1260. The number of benzene rings is 3. The highest BCUT2D eigenvalue weighted by Gasteiger charge is 2.15. The van der Waals surface area contributed by atoms with Gasteiger partial charge in [0.05, 0.1) is 5.56 Å². The smallest absolute Gasteiger partial charge is 0.262 e. The van der Waals surface area contributed by atoms with Crippen molar-refractivity contribution >= 4 is 22.7 Å². The number of anilines is 1. The third kappa shape index (κ3) is 4.53. The number of nitrogens with one attached hydrogen (secondary N) is 1. The molecule has 31 heavy (non-hydrogen) atoms. The molecule has 0 unspecified atom stereocenters. The van der Waals surface area contributed by atoms with E-state index in [1.54, 1.807) is 12.1 Å². The number of oxazole rings is 1. The Kier molecular flexibility index (Phi) is 5.62. The first kappa shape index (κ1) is 20.5. The second kappa shape index (κ2) is 8.52. The molecule has 0 atom stereocenters. The maximum atomic E-state index is 12.4. The summed E-state index contributed by atoms with van der Waals surface area (Å²) in [6.45, 7) is 5.90. The molecule has 4 rings (SSSR count). The number of phenolic OH excluding ortho intramolecular Hbond substituents is 1. The average molecular weight is 416 g/mol. The van der Waals surface area contributed by atoms with Gasteiger partial charge in [0.1, 0.15) is 17.0 Å². The average Bonchev–Trinajstić information content (AvgIpc) is 3.17. The van der Waals surface area contributed by atoms with Crippen molar-refractivity contribution in [3.8, 4) is 23.0 Å². The lowest BCUT2D eigenvalue weighted by atomic mass is 10.1. The van der Waals surface area contributed by atoms with Crippen molar-refractivity contribution in [1.82, 2.24) is 4.98 Å². The Hall–Kier alpha value is -3.80. The SMILES string of the molecule is CCc1ccc2oc(-c3cc(NC(=O)COc4ccc(C)cc4C)ccc3O)nc2c1. The van der Waals surface area contributed by atoms with E-state index in [1.807, 2.05) is 50.2 Å². The zero-order chi connectivity index (χ0) is 22.0. The number of hydrogen-bond donors (Lipinski definition) is 2. The van der Waals surface area contributed by atoms with Gasteiger partial charge in [0.25, 0.3) is 5.91 Å². The lowest BCUT2D eigenvalue weighted by Crippen LogP contribution is -2.20. The van der Waals surface area contributed by atoms with Crippen molar-refractivity contribution in [2.75, 3.05) is 11.9 Å². The first-order valence-corrected chi connectivity index (χ1v) is 10.2. The highest BCUT2D eigenvalue weighted by Crippen LogP contribution is 2.33. The quantitative estimate of drug-likeness (QED) is 0.411. The second-order valence-electron chi connectivity index (χ2n) is 7.51. The number of hydrogen-bond acceptors (Lipinski definition) is 5. The molecule has 0 aliphatic carbocycles. The van der Waals surface area contributed by atoms with Crippen LogP contribution in [0.25, 0.3) is 22.6 Å². The van der Waals surface area contributed by atoms with Crippen LogP contribution in [0.3, 0.4) is 0 Å². The molecule has 1 amide bonds. The molecule has 2 N–H and O–H groups in total. The number of aromatic hydroxyl groups is 1. The molecule has 1 heterocycles. The number of nitrogens with zero attached hydrogens (tertiary/aromatic N) is 1. The van der Waals surface area contributed by atoms with Crippen LogP contribution >= 0.6 is 0 Å². The molecule has 0 saturated heterocycles. The molecule has 0 fully saturated rings. The molecule has 0 aliphatic heterocycles. The van der Waals surface area contributed by atoms with Gasteiger partial charge in [0.15, 0.2) is 12.2 Å². The number of carbonyl (C=O) groups excluding carboxylic acids is 1. The zero-order valence-electron chi connectivity index (χ0n) is 17.7. The number of rotatable bonds is 6. The fourth-order valence-electron chi connectivity index (χ4n) is 3.39.